The van der Waals surface area contributed by atoms with E-state index in [1.165, 1.54) is 0 Å². The van der Waals surface area contributed by atoms with Crippen molar-refractivity contribution in [2.75, 3.05) is 12.4 Å². The molecule has 0 bridgehead atoms. The summed E-state index contributed by atoms with van der Waals surface area (Å²) in [5.41, 5.74) is 7.11. The molecule has 0 unspecified atom stereocenters. The first-order valence-electron chi connectivity index (χ1n) is 5.82. The molecular formula is C13H19ClN2O2. The summed E-state index contributed by atoms with van der Waals surface area (Å²) in [6.45, 7) is 0.539. The van der Waals surface area contributed by atoms with E-state index in [9.17, 15) is 4.79 Å². The van der Waals surface area contributed by atoms with E-state index in [1.807, 2.05) is 24.3 Å². The van der Waals surface area contributed by atoms with Gasteiger partial charge in [0.15, 0.2) is 0 Å². The predicted molar refractivity (Wildman–Crippen MR) is 73.8 cm³/mol. The highest BCUT2D eigenvalue weighted by Gasteiger charge is 2.40. The number of anilines is 1. The number of halogens is 1. The SMILES string of the molecule is COCc1cccc(NC(=O)C2(N)CCC2)c1.Cl. The third-order valence-electron chi connectivity index (χ3n) is 3.19. The zero-order valence-corrected chi connectivity index (χ0v) is 11.3. The van der Waals surface area contributed by atoms with Crippen LogP contribution in [-0.4, -0.2) is 18.6 Å². The topological polar surface area (TPSA) is 64.3 Å². The number of benzene rings is 1. The Hall–Kier alpha value is -1.10. The normalized spacial score (nSPS) is 16.3. The fourth-order valence-corrected chi connectivity index (χ4v) is 1.95. The quantitative estimate of drug-likeness (QED) is 0.880. The summed E-state index contributed by atoms with van der Waals surface area (Å²) >= 11 is 0. The molecule has 0 aliphatic heterocycles. The van der Waals surface area contributed by atoms with Crippen LogP contribution in [0.25, 0.3) is 0 Å². The van der Waals surface area contributed by atoms with E-state index in [2.05, 4.69) is 5.32 Å². The van der Waals surface area contributed by atoms with Crippen molar-refractivity contribution in [1.82, 2.24) is 0 Å². The smallest absolute Gasteiger partial charge is 0.244 e. The molecule has 1 aromatic carbocycles. The molecule has 0 spiro atoms. The summed E-state index contributed by atoms with van der Waals surface area (Å²) in [5.74, 6) is -0.0849. The number of carbonyl (C=O) groups is 1. The molecule has 100 valence electrons. The first-order valence-corrected chi connectivity index (χ1v) is 5.82. The molecule has 0 saturated heterocycles. The maximum Gasteiger partial charge on any atom is 0.244 e. The number of rotatable bonds is 4. The second kappa shape index (κ2) is 6.18. The van der Waals surface area contributed by atoms with Gasteiger partial charge in [0.2, 0.25) is 5.91 Å². The third kappa shape index (κ3) is 3.22. The molecule has 3 N–H and O–H groups in total. The fraction of sp³-hybridized carbons (Fsp3) is 0.462. The number of methoxy groups -OCH3 is 1. The summed E-state index contributed by atoms with van der Waals surface area (Å²) in [5, 5.41) is 2.86. The molecule has 1 aliphatic carbocycles. The molecule has 4 nitrogen and oxygen atoms in total. The van der Waals surface area contributed by atoms with E-state index < -0.39 is 5.54 Å². The molecule has 0 radical (unpaired) electrons. The van der Waals surface area contributed by atoms with Gasteiger partial charge in [-0.15, -0.1) is 12.4 Å². The molecule has 18 heavy (non-hydrogen) atoms. The van der Waals surface area contributed by atoms with Gasteiger partial charge in [0, 0.05) is 12.8 Å². The van der Waals surface area contributed by atoms with Crippen molar-refractivity contribution in [3.05, 3.63) is 29.8 Å². The van der Waals surface area contributed by atoms with Gasteiger partial charge in [0.25, 0.3) is 0 Å². The van der Waals surface area contributed by atoms with Crippen LogP contribution in [0.4, 0.5) is 5.69 Å². The van der Waals surface area contributed by atoms with Crippen LogP contribution in [0.15, 0.2) is 24.3 Å². The number of nitrogens with two attached hydrogens (primary N) is 1. The summed E-state index contributed by atoms with van der Waals surface area (Å²) in [4.78, 5) is 11.9. The number of hydrogen-bond donors (Lipinski definition) is 2. The summed E-state index contributed by atoms with van der Waals surface area (Å²) in [6.07, 6.45) is 2.58. The van der Waals surface area contributed by atoms with Gasteiger partial charge in [0.1, 0.15) is 0 Å². The first-order chi connectivity index (χ1) is 8.14. The van der Waals surface area contributed by atoms with Gasteiger partial charge in [0.05, 0.1) is 12.1 Å². The van der Waals surface area contributed by atoms with Crippen LogP contribution in [0.1, 0.15) is 24.8 Å². The van der Waals surface area contributed by atoms with Gasteiger partial charge in [-0.05, 0) is 37.0 Å². The maximum atomic E-state index is 11.9. The Morgan fingerprint density at radius 3 is 2.78 bits per heavy atom. The lowest BCUT2D eigenvalue weighted by molar-refractivity contribution is -0.123. The zero-order chi connectivity index (χ0) is 12.3. The van der Waals surface area contributed by atoms with Crippen molar-refractivity contribution in [3.63, 3.8) is 0 Å². The van der Waals surface area contributed by atoms with Gasteiger partial charge >= 0.3 is 0 Å². The Kier molecular flexibility index (Phi) is 5.14. The standard InChI is InChI=1S/C13H18N2O2.ClH/c1-17-9-10-4-2-5-11(8-10)15-12(16)13(14)6-3-7-13;/h2,4-5,8H,3,6-7,9,14H2,1H3,(H,15,16);1H. The van der Waals surface area contributed by atoms with E-state index in [0.29, 0.717) is 6.61 Å². The van der Waals surface area contributed by atoms with Gasteiger partial charge < -0.3 is 15.8 Å². The lowest BCUT2D eigenvalue weighted by Crippen LogP contribution is -2.56. The van der Waals surface area contributed by atoms with Gasteiger partial charge in [-0.25, -0.2) is 0 Å². The number of hydrogen-bond acceptors (Lipinski definition) is 3. The minimum Gasteiger partial charge on any atom is -0.380 e. The van der Waals surface area contributed by atoms with Crippen LogP contribution in [0, 0.1) is 0 Å². The van der Waals surface area contributed by atoms with Gasteiger partial charge in [-0.3, -0.25) is 4.79 Å². The average Bonchev–Trinajstić information content (AvgIpc) is 2.26. The fourth-order valence-electron chi connectivity index (χ4n) is 1.95. The Morgan fingerprint density at radius 1 is 1.50 bits per heavy atom. The van der Waals surface area contributed by atoms with Crippen molar-refractivity contribution in [1.29, 1.82) is 0 Å². The highest BCUT2D eigenvalue weighted by molar-refractivity contribution is 5.98. The molecule has 0 atom stereocenters. The Morgan fingerprint density at radius 2 is 2.22 bits per heavy atom. The Balaban J connectivity index is 0.00000162. The van der Waals surface area contributed by atoms with Crippen molar-refractivity contribution in [2.45, 2.75) is 31.4 Å². The second-order valence-electron chi connectivity index (χ2n) is 4.60. The van der Waals surface area contributed by atoms with Crippen molar-refractivity contribution in [2.24, 2.45) is 5.73 Å². The van der Waals surface area contributed by atoms with E-state index in [0.717, 1.165) is 30.5 Å². The minimum atomic E-state index is -0.655. The summed E-state index contributed by atoms with van der Waals surface area (Å²) < 4.78 is 5.05. The molecule has 1 saturated carbocycles. The minimum absolute atomic E-state index is 0. The zero-order valence-electron chi connectivity index (χ0n) is 10.4. The van der Waals surface area contributed by atoms with E-state index in [1.54, 1.807) is 7.11 Å². The molecule has 1 amide bonds. The summed E-state index contributed by atoms with van der Waals surface area (Å²) in [6, 6.07) is 7.62. The largest absolute Gasteiger partial charge is 0.380 e. The lowest BCUT2D eigenvalue weighted by atomic mass is 9.77. The molecule has 0 aromatic heterocycles. The van der Waals surface area contributed by atoms with Crippen LogP contribution >= 0.6 is 12.4 Å². The molecule has 5 heteroatoms. The van der Waals surface area contributed by atoms with Crippen molar-refractivity contribution < 1.29 is 9.53 Å². The van der Waals surface area contributed by atoms with Crippen LogP contribution in [0.5, 0.6) is 0 Å². The van der Waals surface area contributed by atoms with Crippen molar-refractivity contribution in [3.8, 4) is 0 Å². The highest BCUT2D eigenvalue weighted by Crippen LogP contribution is 2.30. The molecule has 0 heterocycles. The first kappa shape index (κ1) is 15.0. The number of amides is 1. The molecule has 1 aliphatic rings. The molecule has 1 aromatic rings. The number of ether oxygens (including phenoxy) is 1. The molecular weight excluding hydrogens is 252 g/mol. The second-order valence-corrected chi connectivity index (χ2v) is 4.60. The molecule has 2 rings (SSSR count). The van der Waals surface area contributed by atoms with E-state index in [-0.39, 0.29) is 18.3 Å². The van der Waals surface area contributed by atoms with E-state index >= 15 is 0 Å². The van der Waals surface area contributed by atoms with Gasteiger partial charge in [-0.1, -0.05) is 12.1 Å². The number of carbonyl (C=O) groups excluding carboxylic acids is 1. The Labute approximate surface area is 113 Å². The Bertz CT molecular complexity index is 419. The van der Waals surface area contributed by atoms with Crippen LogP contribution in [0.3, 0.4) is 0 Å². The van der Waals surface area contributed by atoms with Crippen LogP contribution in [0.2, 0.25) is 0 Å². The maximum absolute atomic E-state index is 11.9. The van der Waals surface area contributed by atoms with Gasteiger partial charge in [-0.2, -0.15) is 0 Å². The average molecular weight is 271 g/mol. The number of nitrogens with one attached hydrogen (secondary N) is 1. The van der Waals surface area contributed by atoms with Crippen LogP contribution in [-0.2, 0) is 16.1 Å². The predicted octanol–water partition coefficient (Wildman–Crippen LogP) is 2.07. The van der Waals surface area contributed by atoms with Crippen LogP contribution < -0.4 is 11.1 Å². The lowest BCUT2D eigenvalue weighted by Gasteiger charge is -2.36. The third-order valence-corrected chi connectivity index (χ3v) is 3.19. The monoisotopic (exact) mass is 270 g/mol. The van der Waals surface area contributed by atoms with Crippen molar-refractivity contribution >= 4 is 24.0 Å². The highest BCUT2D eigenvalue weighted by atomic mass is 35.5. The summed E-state index contributed by atoms with van der Waals surface area (Å²) in [7, 11) is 1.65. The van der Waals surface area contributed by atoms with E-state index in [4.69, 9.17) is 10.5 Å². The molecule has 1 fully saturated rings.